The summed E-state index contributed by atoms with van der Waals surface area (Å²) in [7, 11) is 0. The molecule has 0 saturated heterocycles. The molecule has 86 valence electrons. The third kappa shape index (κ3) is 2.35. The molecule has 0 spiro atoms. The minimum atomic E-state index is -0.521. The molecule has 0 heterocycles. The number of hydrogen-bond donors (Lipinski definition) is 1. The van der Waals surface area contributed by atoms with Gasteiger partial charge in [-0.3, -0.25) is 4.79 Å². The van der Waals surface area contributed by atoms with Crippen LogP contribution in [0.3, 0.4) is 0 Å². The molecule has 2 unspecified atom stereocenters. The lowest BCUT2D eigenvalue weighted by atomic mass is 9.66. The van der Waals surface area contributed by atoms with Gasteiger partial charge in [-0.1, -0.05) is 39.0 Å². The van der Waals surface area contributed by atoms with Crippen LogP contribution in [0.25, 0.3) is 0 Å². The molecule has 2 fully saturated rings. The Morgan fingerprint density at radius 2 is 2.07 bits per heavy atom. The summed E-state index contributed by atoms with van der Waals surface area (Å²) in [6.45, 7) is 2.19. The van der Waals surface area contributed by atoms with Crippen molar-refractivity contribution in [2.45, 2.75) is 58.3 Å². The third-order valence-corrected chi connectivity index (χ3v) is 4.35. The summed E-state index contributed by atoms with van der Waals surface area (Å²) in [6, 6.07) is 0. The number of hydrogen-bond acceptors (Lipinski definition) is 1. The molecule has 2 aliphatic carbocycles. The molecule has 0 aliphatic heterocycles. The fraction of sp³-hybridized carbons (Fsp3) is 0.923. The zero-order chi connectivity index (χ0) is 10.9. The summed E-state index contributed by atoms with van der Waals surface area (Å²) in [5.41, 5.74) is -0.347. The van der Waals surface area contributed by atoms with Crippen LogP contribution in [0.5, 0.6) is 0 Å². The van der Waals surface area contributed by atoms with Gasteiger partial charge >= 0.3 is 5.97 Å². The Balaban J connectivity index is 2.05. The van der Waals surface area contributed by atoms with Gasteiger partial charge in [0.2, 0.25) is 0 Å². The second-order valence-electron chi connectivity index (χ2n) is 5.60. The highest BCUT2D eigenvalue weighted by molar-refractivity contribution is 5.74. The van der Waals surface area contributed by atoms with Crippen molar-refractivity contribution in [3.63, 3.8) is 0 Å². The first kappa shape index (κ1) is 11.0. The minimum absolute atomic E-state index is 0.347. The Kier molecular flexibility index (Phi) is 3.03. The molecule has 2 rings (SSSR count). The quantitative estimate of drug-likeness (QED) is 0.771. The first-order valence-electron chi connectivity index (χ1n) is 6.39. The number of rotatable bonds is 4. The van der Waals surface area contributed by atoms with E-state index in [4.69, 9.17) is 0 Å². The van der Waals surface area contributed by atoms with Crippen molar-refractivity contribution in [3.8, 4) is 0 Å². The van der Waals surface area contributed by atoms with Crippen LogP contribution in [0, 0.1) is 17.3 Å². The molecule has 0 aromatic rings. The molecule has 2 nitrogen and oxygen atoms in total. The van der Waals surface area contributed by atoms with Crippen LogP contribution >= 0.6 is 0 Å². The summed E-state index contributed by atoms with van der Waals surface area (Å²) in [6.07, 6.45) is 8.88. The van der Waals surface area contributed by atoms with Crippen molar-refractivity contribution in [1.29, 1.82) is 0 Å². The van der Waals surface area contributed by atoms with Gasteiger partial charge in [0.25, 0.3) is 0 Å². The number of carboxylic acids is 1. The lowest BCUT2D eigenvalue weighted by Crippen LogP contribution is -2.36. The summed E-state index contributed by atoms with van der Waals surface area (Å²) in [5, 5.41) is 9.48. The van der Waals surface area contributed by atoms with E-state index < -0.39 is 5.97 Å². The van der Waals surface area contributed by atoms with E-state index in [1.54, 1.807) is 0 Å². The third-order valence-electron chi connectivity index (χ3n) is 4.35. The topological polar surface area (TPSA) is 37.3 Å². The van der Waals surface area contributed by atoms with Crippen LogP contribution in [0.15, 0.2) is 0 Å². The number of carboxylic acid groups (broad SMARTS) is 1. The summed E-state index contributed by atoms with van der Waals surface area (Å²) < 4.78 is 0. The standard InChI is InChI=1S/C13H22O2/c1-2-10-4-3-7-13(8-10,12(14)15)9-11-5-6-11/h10-11H,2-9H2,1H3,(H,14,15). The first-order chi connectivity index (χ1) is 7.16. The van der Waals surface area contributed by atoms with Gasteiger partial charge < -0.3 is 5.11 Å². The fourth-order valence-electron chi connectivity index (χ4n) is 3.18. The van der Waals surface area contributed by atoms with E-state index in [9.17, 15) is 9.90 Å². The van der Waals surface area contributed by atoms with Crippen molar-refractivity contribution < 1.29 is 9.90 Å². The van der Waals surface area contributed by atoms with Crippen LogP contribution in [0.4, 0.5) is 0 Å². The molecule has 2 aliphatic rings. The van der Waals surface area contributed by atoms with E-state index >= 15 is 0 Å². The first-order valence-corrected chi connectivity index (χ1v) is 6.39. The summed E-state index contributed by atoms with van der Waals surface area (Å²) in [5.74, 6) is 0.873. The maximum absolute atomic E-state index is 11.5. The van der Waals surface area contributed by atoms with Crippen molar-refractivity contribution in [1.82, 2.24) is 0 Å². The van der Waals surface area contributed by atoms with Gasteiger partial charge in [0.05, 0.1) is 5.41 Å². The minimum Gasteiger partial charge on any atom is -0.481 e. The second-order valence-corrected chi connectivity index (χ2v) is 5.60. The van der Waals surface area contributed by atoms with Gasteiger partial charge in [0.15, 0.2) is 0 Å². The van der Waals surface area contributed by atoms with Gasteiger partial charge in [0.1, 0.15) is 0 Å². The highest BCUT2D eigenvalue weighted by Crippen LogP contribution is 2.49. The largest absolute Gasteiger partial charge is 0.481 e. The van der Waals surface area contributed by atoms with Gasteiger partial charge in [-0.25, -0.2) is 0 Å². The Morgan fingerprint density at radius 3 is 2.60 bits per heavy atom. The van der Waals surface area contributed by atoms with Crippen LogP contribution in [-0.2, 0) is 4.79 Å². The molecular weight excluding hydrogens is 188 g/mol. The van der Waals surface area contributed by atoms with Crippen molar-refractivity contribution in [3.05, 3.63) is 0 Å². The smallest absolute Gasteiger partial charge is 0.309 e. The Bertz CT molecular complexity index is 245. The molecule has 2 heteroatoms. The van der Waals surface area contributed by atoms with E-state index in [-0.39, 0.29) is 5.41 Å². The van der Waals surface area contributed by atoms with E-state index in [1.807, 2.05) is 0 Å². The van der Waals surface area contributed by atoms with Crippen molar-refractivity contribution >= 4 is 5.97 Å². The van der Waals surface area contributed by atoms with E-state index in [0.29, 0.717) is 5.92 Å². The van der Waals surface area contributed by atoms with E-state index in [1.165, 1.54) is 19.3 Å². The second kappa shape index (κ2) is 4.15. The van der Waals surface area contributed by atoms with E-state index in [2.05, 4.69) is 6.92 Å². The van der Waals surface area contributed by atoms with E-state index in [0.717, 1.165) is 38.0 Å². The molecule has 1 N–H and O–H groups in total. The van der Waals surface area contributed by atoms with Crippen molar-refractivity contribution in [2.24, 2.45) is 17.3 Å². The Hall–Kier alpha value is -0.530. The summed E-state index contributed by atoms with van der Waals surface area (Å²) >= 11 is 0. The Labute approximate surface area is 92.1 Å². The maximum atomic E-state index is 11.5. The highest BCUT2D eigenvalue weighted by atomic mass is 16.4. The molecule has 0 aromatic heterocycles. The zero-order valence-corrected chi connectivity index (χ0v) is 9.67. The van der Waals surface area contributed by atoms with Crippen LogP contribution in [0.1, 0.15) is 58.3 Å². The molecule has 0 aromatic carbocycles. The SMILES string of the molecule is CCC1CCCC(CC2CC2)(C(=O)O)C1. The van der Waals surface area contributed by atoms with Gasteiger partial charge in [-0.15, -0.1) is 0 Å². The van der Waals surface area contributed by atoms with Crippen LogP contribution < -0.4 is 0 Å². The molecule has 0 radical (unpaired) electrons. The van der Waals surface area contributed by atoms with Gasteiger partial charge in [0, 0.05) is 0 Å². The number of aliphatic carboxylic acids is 1. The summed E-state index contributed by atoms with van der Waals surface area (Å²) in [4.78, 5) is 11.5. The maximum Gasteiger partial charge on any atom is 0.309 e. The molecule has 2 atom stereocenters. The highest BCUT2D eigenvalue weighted by Gasteiger charge is 2.45. The van der Waals surface area contributed by atoms with Gasteiger partial charge in [-0.2, -0.15) is 0 Å². The molecule has 2 saturated carbocycles. The molecule has 0 amide bonds. The van der Waals surface area contributed by atoms with Crippen molar-refractivity contribution in [2.75, 3.05) is 0 Å². The fourth-order valence-corrected chi connectivity index (χ4v) is 3.18. The van der Waals surface area contributed by atoms with Crippen LogP contribution in [0.2, 0.25) is 0 Å². The predicted molar refractivity (Wildman–Crippen MR) is 59.7 cm³/mol. The molecule has 15 heavy (non-hydrogen) atoms. The lowest BCUT2D eigenvalue weighted by Gasteiger charge is -2.37. The monoisotopic (exact) mass is 210 g/mol. The molecular formula is C13H22O2. The van der Waals surface area contributed by atoms with Gasteiger partial charge in [-0.05, 0) is 31.1 Å². The lowest BCUT2D eigenvalue weighted by molar-refractivity contribution is -0.153. The molecule has 0 bridgehead atoms. The normalized spacial score (nSPS) is 36.5. The Morgan fingerprint density at radius 1 is 1.33 bits per heavy atom. The average Bonchev–Trinajstić information content (AvgIpc) is 3.01. The predicted octanol–water partition coefficient (Wildman–Crippen LogP) is 3.46. The zero-order valence-electron chi connectivity index (χ0n) is 9.67. The number of carbonyl (C=O) groups is 1. The van der Waals surface area contributed by atoms with Crippen LogP contribution in [-0.4, -0.2) is 11.1 Å². The average molecular weight is 210 g/mol.